The van der Waals surface area contributed by atoms with Gasteiger partial charge in [-0.3, -0.25) is 4.68 Å². The molecule has 0 bridgehead atoms. The molecule has 1 saturated heterocycles. The van der Waals surface area contributed by atoms with E-state index in [1.807, 2.05) is 42.7 Å². The van der Waals surface area contributed by atoms with E-state index in [1.165, 1.54) is 0 Å². The van der Waals surface area contributed by atoms with Crippen molar-refractivity contribution in [1.29, 1.82) is 0 Å². The largest absolute Gasteiger partial charge is 0.497 e. The molecule has 2 heterocycles. The van der Waals surface area contributed by atoms with Crippen LogP contribution in [0.5, 0.6) is 5.75 Å². The molecule has 1 N–H and O–H groups in total. The molecule has 1 fully saturated rings. The summed E-state index contributed by atoms with van der Waals surface area (Å²) < 4.78 is 7.27. The molecule has 5 heteroatoms. The Hall–Kier alpha value is -1.85. The van der Waals surface area contributed by atoms with Gasteiger partial charge in [-0.1, -0.05) is 12.1 Å². The van der Waals surface area contributed by atoms with Crippen molar-refractivity contribution in [2.45, 2.75) is 25.0 Å². The Morgan fingerprint density at radius 3 is 2.82 bits per heavy atom. The van der Waals surface area contributed by atoms with Crippen LogP contribution in [0.25, 0.3) is 0 Å². The lowest BCUT2D eigenvalue weighted by atomic mass is 10.0. The number of piperidine rings is 1. The maximum absolute atomic E-state index is 10.4. The number of rotatable bonds is 5. The minimum absolute atomic E-state index is 0.476. The van der Waals surface area contributed by atoms with E-state index in [1.54, 1.807) is 7.11 Å². The van der Waals surface area contributed by atoms with Gasteiger partial charge in [-0.15, -0.1) is 0 Å². The maximum Gasteiger partial charge on any atom is 0.119 e. The fourth-order valence-corrected chi connectivity index (χ4v) is 3.06. The fourth-order valence-electron chi connectivity index (χ4n) is 3.06. The molecule has 1 aliphatic rings. The molecule has 1 atom stereocenters. The van der Waals surface area contributed by atoms with Crippen LogP contribution in [-0.2, 0) is 0 Å². The third kappa shape index (κ3) is 3.48. The van der Waals surface area contributed by atoms with Crippen LogP contribution >= 0.6 is 0 Å². The summed E-state index contributed by atoms with van der Waals surface area (Å²) in [6.45, 7) is 2.65. The summed E-state index contributed by atoms with van der Waals surface area (Å²) >= 11 is 0. The van der Waals surface area contributed by atoms with Gasteiger partial charge in [0.1, 0.15) is 5.75 Å². The van der Waals surface area contributed by atoms with Gasteiger partial charge < -0.3 is 14.7 Å². The van der Waals surface area contributed by atoms with Gasteiger partial charge in [-0.25, -0.2) is 0 Å². The van der Waals surface area contributed by atoms with Crippen molar-refractivity contribution >= 4 is 0 Å². The second-order valence-electron chi connectivity index (χ2n) is 5.81. The lowest BCUT2D eigenvalue weighted by molar-refractivity contribution is 0.0888. The highest BCUT2D eigenvalue weighted by atomic mass is 16.5. The van der Waals surface area contributed by atoms with E-state index in [-0.39, 0.29) is 0 Å². The average Bonchev–Trinajstić information content (AvgIpc) is 3.10. The van der Waals surface area contributed by atoms with E-state index in [0.29, 0.717) is 12.6 Å². The Kier molecular flexibility index (Phi) is 4.75. The number of benzene rings is 1. The molecule has 0 saturated carbocycles. The first-order valence-corrected chi connectivity index (χ1v) is 7.80. The first-order chi connectivity index (χ1) is 10.8. The zero-order valence-corrected chi connectivity index (χ0v) is 12.9. The van der Waals surface area contributed by atoms with E-state index in [9.17, 15) is 5.11 Å². The number of hydrogen-bond acceptors (Lipinski definition) is 4. The van der Waals surface area contributed by atoms with Crippen LogP contribution in [0.15, 0.2) is 42.7 Å². The quantitative estimate of drug-likeness (QED) is 0.920. The molecule has 1 aliphatic heterocycles. The molecule has 1 aromatic carbocycles. The second-order valence-corrected chi connectivity index (χ2v) is 5.81. The van der Waals surface area contributed by atoms with Gasteiger partial charge >= 0.3 is 0 Å². The van der Waals surface area contributed by atoms with Crippen LogP contribution in [0, 0.1) is 0 Å². The number of hydrogen-bond donors (Lipinski definition) is 1. The Labute approximate surface area is 131 Å². The van der Waals surface area contributed by atoms with Gasteiger partial charge in [0, 0.05) is 32.0 Å². The van der Waals surface area contributed by atoms with Crippen LogP contribution in [-0.4, -0.2) is 46.5 Å². The second kappa shape index (κ2) is 6.94. The SMILES string of the molecule is COc1cccc(C(O)CN2CCC(n3cccn3)CC2)c1. The Balaban J connectivity index is 1.53. The monoisotopic (exact) mass is 301 g/mol. The highest BCUT2D eigenvalue weighted by Crippen LogP contribution is 2.24. The van der Waals surface area contributed by atoms with E-state index in [4.69, 9.17) is 4.74 Å². The maximum atomic E-state index is 10.4. The standard InChI is InChI=1S/C17H23N3O2/c1-22-16-5-2-4-14(12-16)17(21)13-19-10-6-15(7-11-19)20-9-3-8-18-20/h2-5,8-9,12,15,17,21H,6-7,10-11,13H2,1H3. The topological polar surface area (TPSA) is 50.5 Å². The zero-order valence-electron chi connectivity index (χ0n) is 12.9. The minimum atomic E-state index is -0.476. The number of nitrogens with zero attached hydrogens (tertiary/aromatic N) is 3. The Bertz CT molecular complexity index is 577. The molecule has 0 amide bonds. The number of aromatic nitrogens is 2. The molecule has 0 radical (unpaired) electrons. The van der Waals surface area contributed by atoms with Gasteiger partial charge in [0.15, 0.2) is 0 Å². The zero-order chi connectivity index (χ0) is 15.4. The number of β-amino-alcohol motifs (C(OH)–C–C–N with tert-alkyl or cyclic N) is 1. The van der Waals surface area contributed by atoms with Gasteiger partial charge in [-0.05, 0) is 36.6 Å². The van der Waals surface area contributed by atoms with Gasteiger partial charge in [0.2, 0.25) is 0 Å². The third-order valence-corrected chi connectivity index (χ3v) is 4.37. The fraction of sp³-hybridized carbons (Fsp3) is 0.471. The first-order valence-electron chi connectivity index (χ1n) is 7.80. The molecule has 5 nitrogen and oxygen atoms in total. The number of ether oxygens (including phenoxy) is 1. The summed E-state index contributed by atoms with van der Waals surface area (Å²) in [5.41, 5.74) is 0.911. The van der Waals surface area contributed by atoms with E-state index >= 15 is 0 Å². The smallest absolute Gasteiger partial charge is 0.119 e. The molecule has 3 rings (SSSR count). The highest BCUT2D eigenvalue weighted by Gasteiger charge is 2.22. The molecule has 1 unspecified atom stereocenters. The molecular formula is C17H23N3O2. The van der Waals surface area contributed by atoms with Crippen molar-refractivity contribution in [3.05, 3.63) is 48.3 Å². The summed E-state index contributed by atoms with van der Waals surface area (Å²) in [6.07, 6.45) is 5.54. The van der Waals surface area contributed by atoms with E-state index in [0.717, 1.165) is 37.2 Å². The molecule has 22 heavy (non-hydrogen) atoms. The summed E-state index contributed by atoms with van der Waals surface area (Å²) in [5, 5.41) is 14.8. The lowest BCUT2D eigenvalue weighted by Gasteiger charge is -2.33. The number of methoxy groups -OCH3 is 1. The normalized spacial score (nSPS) is 18.3. The molecule has 0 spiro atoms. The van der Waals surface area contributed by atoms with Gasteiger partial charge in [0.05, 0.1) is 19.3 Å². The van der Waals surface area contributed by atoms with Crippen LogP contribution in [0.4, 0.5) is 0 Å². The number of aliphatic hydroxyl groups excluding tert-OH is 1. The lowest BCUT2D eigenvalue weighted by Crippen LogP contribution is -2.37. The van der Waals surface area contributed by atoms with Crippen LogP contribution in [0.3, 0.4) is 0 Å². The van der Waals surface area contributed by atoms with Crippen LogP contribution in [0.1, 0.15) is 30.6 Å². The predicted molar refractivity (Wildman–Crippen MR) is 84.9 cm³/mol. The first kappa shape index (κ1) is 15.1. The van der Waals surface area contributed by atoms with Crippen molar-refractivity contribution < 1.29 is 9.84 Å². The summed E-state index contributed by atoms with van der Waals surface area (Å²) in [4.78, 5) is 2.32. The predicted octanol–water partition coefficient (Wildman–Crippen LogP) is 2.26. The van der Waals surface area contributed by atoms with Crippen LogP contribution < -0.4 is 4.74 Å². The third-order valence-electron chi connectivity index (χ3n) is 4.37. The molecule has 2 aromatic rings. The Morgan fingerprint density at radius 1 is 1.32 bits per heavy atom. The summed E-state index contributed by atoms with van der Waals surface area (Å²) in [6, 6.07) is 10.1. The molecular weight excluding hydrogens is 278 g/mol. The van der Waals surface area contributed by atoms with Crippen molar-refractivity contribution in [1.82, 2.24) is 14.7 Å². The highest BCUT2D eigenvalue weighted by molar-refractivity contribution is 5.29. The van der Waals surface area contributed by atoms with Gasteiger partial charge in [-0.2, -0.15) is 5.10 Å². The minimum Gasteiger partial charge on any atom is -0.497 e. The Morgan fingerprint density at radius 2 is 2.14 bits per heavy atom. The summed E-state index contributed by atoms with van der Waals surface area (Å²) in [5.74, 6) is 0.786. The van der Waals surface area contributed by atoms with Crippen molar-refractivity contribution in [3.63, 3.8) is 0 Å². The van der Waals surface area contributed by atoms with Crippen molar-refractivity contribution in [2.75, 3.05) is 26.7 Å². The van der Waals surface area contributed by atoms with Crippen molar-refractivity contribution in [2.24, 2.45) is 0 Å². The molecule has 0 aliphatic carbocycles. The van der Waals surface area contributed by atoms with E-state index in [2.05, 4.69) is 14.7 Å². The van der Waals surface area contributed by atoms with Gasteiger partial charge in [0.25, 0.3) is 0 Å². The number of likely N-dealkylation sites (tertiary alicyclic amines) is 1. The van der Waals surface area contributed by atoms with Crippen LogP contribution in [0.2, 0.25) is 0 Å². The van der Waals surface area contributed by atoms with Crippen molar-refractivity contribution in [3.8, 4) is 5.75 Å². The number of aliphatic hydroxyl groups is 1. The average molecular weight is 301 g/mol. The summed E-state index contributed by atoms with van der Waals surface area (Å²) in [7, 11) is 1.64. The molecule has 1 aromatic heterocycles. The molecule has 118 valence electrons. The van der Waals surface area contributed by atoms with E-state index < -0.39 is 6.10 Å².